The lowest BCUT2D eigenvalue weighted by Gasteiger charge is -2.17. The van der Waals surface area contributed by atoms with Crippen molar-refractivity contribution in [1.82, 2.24) is 4.98 Å². The van der Waals surface area contributed by atoms with Gasteiger partial charge in [-0.1, -0.05) is 16.8 Å². The number of amides is 1. The van der Waals surface area contributed by atoms with Gasteiger partial charge in [0, 0.05) is 42.4 Å². The molecule has 4 aromatic rings. The number of aromatic amines is 1. The molecule has 0 saturated heterocycles. The van der Waals surface area contributed by atoms with Crippen molar-refractivity contribution in [3.8, 4) is 11.1 Å². The van der Waals surface area contributed by atoms with E-state index in [1.807, 2.05) is 32.9 Å². The highest BCUT2D eigenvalue weighted by molar-refractivity contribution is 7.89. The number of aryl methyl sites for hydroxylation is 3. The molecule has 0 unspecified atom stereocenters. The average molecular weight is 553 g/mol. The van der Waals surface area contributed by atoms with Crippen molar-refractivity contribution in [2.24, 2.45) is 5.14 Å². The third-order valence-corrected chi connectivity index (χ3v) is 6.16. The number of hydrogen-bond donors (Lipinski definition) is 3. The van der Waals surface area contributed by atoms with Gasteiger partial charge >= 0.3 is 5.91 Å². The Kier molecular flexibility index (Phi) is 8.00. The van der Waals surface area contributed by atoms with Gasteiger partial charge in [0.2, 0.25) is 21.4 Å². The second kappa shape index (κ2) is 10.5. The van der Waals surface area contributed by atoms with E-state index in [-0.39, 0.29) is 10.6 Å². The van der Waals surface area contributed by atoms with Gasteiger partial charge < -0.3 is 4.98 Å². The monoisotopic (exact) mass is 552 g/mol. The van der Waals surface area contributed by atoms with E-state index in [1.54, 1.807) is 10.7 Å². The Bertz CT molecular complexity index is 1550. The normalized spacial score (nSPS) is 11.7. The van der Waals surface area contributed by atoms with E-state index in [2.05, 4.69) is 10.4 Å². The molecule has 2 heterocycles. The fourth-order valence-electron chi connectivity index (χ4n) is 3.88. The molecule has 196 valence electrons. The number of fused-ring (bicyclic) bond motifs is 1. The first-order valence-corrected chi connectivity index (χ1v) is 13.2. The SMILES string of the molecule is Cc1cc(C)[n+](NC(=O)c2[nH]c3ccc(S(N)(=O)=O)cc3c2-c2ccc(F)cc2)c(C)c1.[O-][Cl+3]([O-])([O-])[O-]. The van der Waals surface area contributed by atoms with Crippen molar-refractivity contribution in [2.75, 3.05) is 5.43 Å². The van der Waals surface area contributed by atoms with E-state index in [0.717, 1.165) is 17.0 Å². The number of carbonyl (C=O) groups is 1. The fourth-order valence-corrected chi connectivity index (χ4v) is 4.42. The van der Waals surface area contributed by atoms with Crippen molar-refractivity contribution in [3.63, 3.8) is 0 Å². The molecule has 0 aliphatic carbocycles. The summed E-state index contributed by atoms with van der Waals surface area (Å²) in [7, 11) is -8.90. The van der Waals surface area contributed by atoms with Crippen molar-refractivity contribution in [3.05, 3.63) is 83.1 Å². The lowest BCUT2D eigenvalue weighted by Crippen LogP contribution is -2.68. The molecule has 0 bridgehead atoms. The third kappa shape index (κ3) is 7.08. The van der Waals surface area contributed by atoms with Crippen LogP contribution in [0.5, 0.6) is 0 Å². The highest BCUT2D eigenvalue weighted by atomic mass is 35.7. The molecule has 4 rings (SSSR count). The molecule has 14 heteroatoms. The van der Waals surface area contributed by atoms with Crippen molar-refractivity contribution >= 4 is 26.8 Å². The van der Waals surface area contributed by atoms with E-state index < -0.39 is 32.0 Å². The molecule has 2 aromatic carbocycles. The van der Waals surface area contributed by atoms with Crippen LogP contribution in [-0.2, 0) is 10.0 Å². The number of aromatic nitrogens is 2. The number of nitrogens with zero attached hydrogens (tertiary/aromatic N) is 1. The van der Waals surface area contributed by atoms with Crippen LogP contribution in [0.25, 0.3) is 22.0 Å². The Morgan fingerprint density at radius 2 is 1.51 bits per heavy atom. The Morgan fingerprint density at radius 1 is 0.973 bits per heavy atom. The third-order valence-electron chi connectivity index (χ3n) is 5.25. The molecular weight excluding hydrogens is 531 g/mol. The van der Waals surface area contributed by atoms with Crippen LogP contribution in [0.15, 0.2) is 59.5 Å². The summed E-state index contributed by atoms with van der Waals surface area (Å²) in [6, 6.07) is 13.8. The molecule has 0 aliphatic rings. The van der Waals surface area contributed by atoms with Crippen LogP contribution < -0.4 is 33.9 Å². The average Bonchev–Trinajstić information content (AvgIpc) is 3.14. The van der Waals surface area contributed by atoms with Gasteiger partial charge in [0.15, 0.2) is 0 Å². The molecule has 4 N–H and O–H groups in total. The van der Waals surface area contributed by atoms with Crippen LogP contribution in [-0.4, -0.2) is 19.3 Å². The molecule has 0 fully saturated rings. The standard InChI is InChI=1S/C23H21FN4O3S.ClHO4/c1-13-10-14(2)28(15(3)11-13)27-23(29)22-21(16-4-6-17(24)7-5-16)19-12-18(32(25,30)31)8-9-20(19)26-22;2-1(3,4)5/h4-12H,1-3H3,(H3-,25,26,27,29,30,31);(H,2,3,4,5). The number of rotatable bonds is 4. The molecule has 0 saturated carbocycles. The van der Waals surface area contributed by atoms with Crippen LogP contribution in [0, 0.1) is 36.8 Å². The van der Waals surface area contributed by atoms with Gasteiger partial charge in [-0.3, -0.25) is 4.79 Å². The van der Waals surface area contributed by atoms with Gasteiger partial charge in [-0.15, -0.1) is 15.7 Å². The fraction of sp³-hybridized carbons (Fsp3) is 0.130. The Morgan fingerprint density at radius 3 is 2.03 bits per heavy atom. The Balaban J connectivity index is 0.000000695. The minimum Gasteiger partial charge on any atom is -0.350 e. The zero-order chi connectivity index (χ0) is 27.7. The molecule has 1 amide bonds. The second-order valence-electron chi connectivity index (χ2n) is 8.10. The number of carbonyl (C=O) groups excluding carboxylic acids is 1. The topological polar surface area (TPSA) is 201 Å². The lowest BCUT2D eigenvalue weighted by molar-refractivity contribution is -2.00. The number of H-pyrrole nitrogens is 1. The van der Waals surface area contributed by atoms with Crippen molar-refractivity contribution in [2.45, 2.75) is 25.7 Å². The second-order valence-corrected chi connectivity index (χ2v) is 10.4. The molecule has 0 aliphatic heterocycles. The van der Waals surface area contributed by atoms with Gasteiger partial charge in [0.1, 0.15) is 11.5 Å². The smallest absolute Gasteiger partial charge is 0.322 e. The number of halogens is 2. The van der Waals surface area contributed by atoms with Gasteiger partial charge in [-0.25, -0.2) is 36.6 Å². The first-order chi connectivity index (χ1) is 17.0. The van der Waals surface area contributed by atoms with E-state index in [9.17, 15) is 17.6 Å². The van der Waals surface area contributed by atoms with Crippen LogP contribution in [0.4, 0.5) is 4.39 Å². The summed E-state index contributed by atoms with van der Waals surface area (Å²) in [5.41, 5.74) is 7.39. The van der Waals surface area contributed by atoms with Crippen molar-refractivity contribution < 1.29 is 51.2 Å². The number of primary sulfonamides is 1. The molecule has 0 spiro atoms. The quantitative estimate of drug-likeness (QED) is 0.254. The summed E-state index contributed by atoms with van der Waals surface area (Å²) < 4.78 is 73.0. The van der Waals surface area contributed by atoms with Gasteiger partial charge in [0.05, 0.1) is 4.90 Å². The van der Waals surface area contributed by atoms with Gasteiger partial charge in [-0.05, 0) is 48.4 Å². The molecule has 0 atom stereocenters. The predicted octanol–water partition coefficient (Wildman–Crippen LogP) is -1.54. The predicted molar refractivity (Wildman–Crippen MR) is 120 cm³/mol. The number of nitrogens with one attached hydrogen (secondary N) is 2. The highest BCUT2D eigenvalue weighted by Crippen LogP contribution is 2.34. The number of benzene rings is 2. The van der Waals surface area contributed by atoms with Crippen LogP contribution in [0.3, 0.4) is 0 Å². The maximum Gasteiger partial charge on any atom is 0.322 e. The van der Waals surface area contributed by atoms with E-state index in [1.165, 1.54) is 36.4 Å². The van der Waals surface area contributed by atoms with Crippen LogP contribution in [0.2, 0.25) is 0 Å². The summed E-state index contributed by atoms with van der Waals surface area (Å²) in [6.45, 7) is 5.73. The maximum absolute atomic E-state index is 13.5. The largest absolute Gasteiger partial charge is 0.350 e. The van der Waals surface area contributed by atoms with Gasteiger partial charge in [0.25, 0.3) is 0 Å². The minimum absolute atomic E-state index is 0.0843. The maximum atomic E-state index is 13.5. The molecular formula is C23H22ClFN4O7S. The van der Waals surface area contributed by atoms with E-state index in [0.29, 0.717) is 22.0 Å². The van der Waals surface area contributed by atoms with Crippen molar-refractivity contribution in [1.29, 1.82) is 0 Å². The summed E-state index contributed by atoms with van der Waals surface area (Å²) in [5.74, 6) is -0.857. The number of pyridine rings is 1. The summed E-state index contributed by atoms with van der Waals surface area (Å²) >= 11 is 0. The molecule has 37 heavy (non-hydrogen) atoms. The summed E-state index contributed by atoms with van der Waals surface area (Å²) in [4.78, 5) is 16.3. The Hall–Kier alpha value is -3.43. The van der Waals surface area contributed by atoms with E-state index in [4.69, 9.17) is 23.8 Å². The van der Waals surface area contributed by atoms with Gasteiger partial charge in [-0.2, -0.15) is 0 Å². The molecule has 2 aromatic heterocycles. The van der Waals surface area contributed by atoms with E-state index >= 15 is 0 Å². The Labute approximate surface area is 213 Å². The summed E-state index contributed by atoms with van der Waals surface area (Å²) in [6.07, 6.45) is 0. The lowest BCUT2D eigenvalue weighted by atomic mass is 10.0. The number of hydrogen-bond acceptors (Lipinski definition) is 7. The zero-order valence-corrected chi connectivity index (χ0v) is 21.3. The first-order valence-electron chi connectivity index (χ1n) is 10.4. The molecule has 0 radical (unpaired) electrons. The summed E-state index contributed by atoms with van der Waals surface area (Å²) in [5, 5.41) is 5.78. The minimum atomic E-state index is -4.94. The van der Waals surface area contributed by atoms with Crippen LogP contribution >= 0.6 is 0 Å². The first kappa shape index (κ1) is 28.1. The molecule has 11 nitrogen and oxygen atoms in total. The number of nitrogens with two attached hydrogens (primary N) is 1. The number of sulfonamides is 1. The van der Waals surface area contributed by atoms with Crippen LogP contribution in [0.1, 0.15) is 27.4 Å². The highest BCUT2D eigenvalue weighted by Gasteiger charge is 2.25. The zero-order valence-electron chi connectivity index (χ0n) is 19.7.